The maximum absolute atomic E-state index is 12.0. The number of hydrogen-bond donors (Lipinski definition) is 1. The van der Waals surface area contributed by atoms with E-state index in [1.165, 1.54) is 5.57 Å². The first-order valence-corrected chi connectivity index (χ1v) is 6.62. The molecule has 0 bridgehead atoms. The minimum atomic E-state index is 0.174. The number of nitrogens with one attached hydrogen (secondary N) is 1. The molecule has 0 aromatic carbocycles. The molecule has 0 radical (unpaired) electrons. The van der Waals surface area contributed by atoms with Gasteiger partial charge in [0.2, 0.25) is 5.91 Å². The molecule has 1 unspecified atom stereocenters. The van der Waals surface area contributed by atoms with Crippen LogP contribution in [-0.2, 0) is 4.79 Å². The number of rotatable bonds is 4. The Kier molecular flexibility index (Phi) is 4.67. The van der Waals surface area contributed by atoms with Gasteiger partial charge in [-0.3, -0.25) is 4.79 Å². The maximum Gasteiger partial charge on any atom is 0.249 e. The van der Waals surface area contributed by atoms with Gasteiger partial charge in [0.1, 0.15) is 0 Å². The Balaban J connectivity index is 2.59. The number of carbonyl (C=O) groups is 1. The molecule has 1 heterocycles. The van der Waals surface area contributed by atoms with Crippen LogP contribution in [0, 0.1) is 0 Å². The van der Waals surface area contributed by atoms with Crippen molar-refractivity contribution in [1.29, 1.82) is 0 Å². The van der Waals surface area contributed by atoms with Crippen LogP contribution in [0.2, 0.25) is 0 Å². The van der Waals surface area contributed by atoms with Gasteiger partial charge in [-0.1, -0.05) is 0 Å². The summed E-state index contributed by atoms with van der Waals surface area (Å²) >= 11 is 1.77. The zero-order valence-electron chi connectivity index (χ0n) is 9.96. The van der Waals surface area contributed by atoms with Gasteiger partial charge in [0.25, 0.3) is 0 Å². The van der Waals surface area contributed by atoms with Crippen molar-refractivity contribution in [3.63, 3.8) is 0 Å². The van der Waals surface area contributed by atoms with Crippen molar-refractivity contribution >= 4 is 17.7 Å². The molecule has 1 atom stereocenters. The van der Waals surface area contributed by atoms with E-state index in [4.69, 9.17) is 0 Å². The first-order valence-electron chi connectivity index (χ1n) is 5.23. The van der Waals surface area contributed by atoms with Crippen molar-refractivity contribution in [3.05, 3.63) is 11.1 Å². The summed E-state index contributed by atoms with van der Waals surface area (Å²) in [5, 5.41) is 3.16. The fraction of sp³-hybridized carbons (Fsp3) is 0.727. The van der Waals surface area contributed by atoms with Crippen LogP contribution in [0.4, 0.5) is 0 Å². The molecule has 1 saturated heterocycles. The Morgan fingerprint density at radius 3 is 2.60 bits per heavy atom. The molecular weight excluding hydrogens is 208 g/mol. The molecule has 4 heteroatoms. The Hall–Kier alpha value is -0.480. The molecule has 1 aliphatic rings. The van der Waals surface area contributed by atoms with Crippen molar-refractivity contribution in [1.82, 2.24) is 10.2 Å². The number of carbonyl (C=O) groups excluding carboxylic acids is 1. The van der Waals surface area contributed by atoms with E-state index in [2.05, 4.69) is 18.5 Å². The molecule has 3 nitrogen and oxygen atoms in total. The van der Waals surface area contributed by atoms with E-state index in [-0.39, 0.29) is 5.91 Å². The van der Waals surface area contributed by atoms with Crippen LogP contribution in [0.25, 0.3) is 0 Å². The molecule has 0 aromatic heterocycles. The Bertz CT molecular complexity index is 270. The molecule has 0 spiro atoms. The van der Waals surface area contributed by atoms with E-state index >= 15 is 0 Å². The third-order valence-corrected chi connectivity index (χ3v) is 3.73. The van der Waals surface area contributed by atoms with Gasteiger partial charge in [-0.2, -0.15) is 11.8 Å². The van der Waals surface area contributed by atoms with Crippen molar-refractivity contribution < 1.29 is 4.79 Å². The third kappa shape index (κ3) is 2.98. The second-order valence-corrected chi connectivity index (χ2v) is 4.96. The van der Waals surface area contributed by atoms with Crippen LogP contribution in [0.3, 0.4) is 0 Å². The van der Waals surface area contributed by atoms with Crippen LogP contribution in [0.15, 0.2) is 11.1 Å². The highest BCUT2D eigenvalue weighted by Gasteiger charge is 2.21. The van der Waals surface area contributed by atoms with Crippen LogP contribution in [0.1, 0.15) is 13.8 Å². The van der Waals surface area contributed by atoms with Crippen molar-refractivity contribution in [2.24, 2.45) is 0 Å². The molecule has 1 aliphatic heterocycles. The maximum atomic E-state index is 12.0. The predicted octanol–water partition coefficient (Wildman–Crippen LogP) is 1.12. The highest BCUT2D eigenvalue weighted by molar-refractivity contribution is 7.98. The van der Waals surface area contributed by atoms with E-state index in [0.29, 0.717) is 6.04 Å². The average Bonchev–Trinajstić information content (AvgIpc) is 2.13. The second-order valence-electron chi connectivity index (χ2n) is 4.05. The quantitative estimate of drug-likeness (QED) is 0.732. The van der Waals surface area contributed by atoms with E-state index in [1.807, 2.05) is 18.9 Å². The van der Waals surface area contributed by atoms with Gasteiger partial charge in [0.05, 0.1) is 0 Å². The van der Waals surface area contributed by atoms with Crippen LogP contribution >= 0.6 is 11.8 Å². The lowest BCUT2D eigenvalue weighted by Gasteiger charge is -2.28. The predicted molar refractivity (Wildman–Crippen MR) is 66.2 cm³/mol. The minimum Gasteiger partial charge on any atom is -0.338 e. The van der Waals surface area contributed by atoms with Crippen LogP contribution < -0.4 is 5.32 Å². The van der Waals surface area contributed by atoms with Gasteiger partial charge < -0.3 is 10.2 Å². The second kappa shape index (κ2) is 5.56. The lowest BCUT2D eigenvalue weighted by atomic mass is 10.0. The number of thioether (sulfide) groups is 1. The summed E-state index contributed by atoms with van der Waals surface area (Å²) in [5.74, 6) is 1.16. The summed E-state index contributed by atoms with van der Waals surface area (Å²) in [7, 11) is 1.89. The summed E-state index contributed by atoms with van der Waals surface area (Å²) < 4.78 is 0. The van der Waals surface area contributed by atoms with E-state index in [1.54, 1.807) is 11.8 Å². The first-order chi connectivity index (χ1) is 7.07. The van der Waals surface area contributed by atoms with Gasteiger partial charge >= 0.3 is 0 Å². The fourth-order valence-electron chi connectivity index (χ4n) is 1.48. The topological polar surface area (TPSA) is 32.3 Å². The van der Waals surface area contributed by atoms with Gasteiger partial charge in [-0.25, -0.2) is 0 Å². The third-order valence-electron chi connectivity index (χ3n) is 2.92. The Morgan fingerprint density at radius 2 is 2.20 bits per heavy atom. The molecular formula is C11H20N2OS. The lowest BCUT2D eigenvalue weighted by Crippen LogP contribution is -2.41. The van der Waals surface area contributed by atoms with Crippen LogP contribution in [0.5, 0.6) is 0 Å². The van der Waals surface area contributed by atoms with E-state index in [0.717, 1.165) is 24.4 Å². The number of likely N-dealkylation sites (N-methyl/N-ethyl adjacent to an activating group) is 1. The van der Waals surface area contributed by atoms with Crippen LogP contribution in [-0.4, -0.2) is 49.0 Å². The monoisotopic (exact) mass is 228 g/mol. The normalized spacial score (nSPS) is 16.9. The van der Waals surface area contributed by atoms with Gasteiger partial charge in [0.15, 0.2) is 0 Å². The van der Waals surface area contributed by atoms with Crippen molar-refractivity contribution in [3.8, 4) is 0 Å². The molecule has 1 amide bonds. The fourth-order valence-corrected chi connectivity index (χ4v) is 2.19. The molecule has 0 aliphatic carbocycles. The average molecular weight is 228 g/mol. The zero-order chi connectivity index (χ0) is 11.4. The lowest BCUT2D eigenvalue weighted by molar-refractivity contribution is -0.127. The Labute approximate surface area is 96.3 Å². The molecule has 1 N–H and O–H groups in total. The van der Waals surface area contributed by atoms with Crippen molar-refractivity contribution in [2.75, 3.05) is 32.1 Å². The first kappa shape index (κ1) is 12.6. The number of hydrogen-bond acceptors (Lipinski definition) is 3. The number of amides is 1. The molecule has 86 valence electrons. The zero-order valence-corrected chi connectivity index (χ0v) is 10.8. The van der Waals surface area contributed by atoms with E-state index < -0.39 is 0 Å². The summed E-state index contributed by atoms with van der Waals surface area (Å²) in [6.07, 6.45) is 2.07. The number of nitrogens with zero attached hydrogens (tertiary/aromatic N) is 1. The van der Waals surface area contributed by atoms with E-state index in [9.17, 15) is 4.79 Å². The highest BCUT2D eigenvalue weighted by atomic mass is 32.2. The molecule has 1 rings (SSSR count). The SMILES string of the molecule is CSCC(C)N(C)C(=O)C(C)=C1CNC1. The highest BCUT2D eigenvalue weighted by Crippen LogP contribution is 2.13. The van der Waals surface area contributed by atoms with Gasteiger partial charge in [-0.05, 0) is 25.7 Å². The van der Waals surface area contributed by atoms with Gasteiger partial charge in [-0.15, -0.1) is 0 Å². The standard InChI is InChI=1S/C11H20N2OS/c1-8(7-15-4)13(3)11(14)9(2)10-5-12-6-10/h8,12H,5-7H2,1-4H3. The molecule has 15 heavy (non-hydrogen) atoms. The summed E-state index contributed by atoms with van der Waals surface area (Å²) in [6.45, 7) is 5.77. The largest absolute Gasteiger partial charge is 0.338 e. The minimum absolute atomic E-state index is 0.174. The summed E-state index contributed by atoms with van der Waals surface area (Å²) in [6, 6.07) is 0.302. The molecule has 0 aromatic rings. The molecule has 0 saturated carbocycles. The van der Waals surface area contributed by atoms with Crippen molar-refractivity contribution in [2.45, 2.75) is 19.9 Å². The Morgan fingerprint density at radius 1 is 1.60 bits per heavy atom. The smallest absolute Gasteiger partial charge is 0.249 e. The van der Waals surface area contributed by atoms with Gasteiger partial charge in [0, 0.05) is 37.5 Å². The summed E-state index contributed by atoms with van der Waals surface area (Å²) in [4.78, 5) is 13.9. The summed E-state index contributed by atoms with van der Waals surface area (Å²) in [5.41, 5.74) is 2.17. The molecule has 1 fully saturated rings.